The van der Waals surface area contributed by atoms with Gasteiger partial charge in [-0.15, -0.1) is 0 Å². The number of rotatable bonds is 3. The quantitative estimate of drug-likeness (QED) is 0.808. The lowest BCUT2D eigenvalue weighted by atomic mass is 10.2. The molecule has 1 aromatic carbocycles. The van der Waals surface area contributed by atoms with E-state index in [1.807, 2.05) is 26.8 Å². The molecular weight excluding hydrogens is 260 g/mol. The molecule has 5 heteroatoms. The van der Waals surface area contributed by atoms with E-state index in [1.165, 1.54) is 4.68 Å². The summed E-state index contributed by atoms with van der Waals surface area (Å²) in [5.41, 5.74) is 2.93. The highest BCUT2D eigenvalue weighted by Gasteiger charge is 2.09. The third-order valence-corrected chi connectivity index (χ3v) is 3.92. The summed E-state index contributed by atoms with van der Waals surface area (Å²) in [7, 11) is -3.68. The molecule has 0 aliphatic rings. The van der Waals surface area contributed by atoms with Crippen LogP contribution in [0.25, 0.3) is 4.83 Å². The second-order valence-corrected chi connectivity index (χ2v) is 6.23. The number of hydrogen-bond donors (Lipinski definition) is 0. The Morgan fingerprint density at radius 2 is 1.42 bits per heavy atom. The van der Waals surface area contributed by atoms with Crippen molar-refractivity contribution in [2.45, 2.75) is 25.7 Å². The van der Waals surface area contributed by atoms with Gasteiger partial charge in [-0.25, -0.2) is 13.1 Å². The van der Waals surface area contributed by atoms with E-state index in [1.54, 1.807) is 36.7 Å². The highest BCUT2D eigenvalue weighted by molar-refractivity contribution is 7.93. The fraction of sp³-hybridized carbons (Fsp3) is 0.214. The predicted molar refractivity (Wildman–Crippen MR) is 73.2 cm³/mol. The maximum absolute atomic E-state index is 12.1. The molecular formula is C14H16N2O2S. The van der Waals surface area contributed by atoms with Gasteiger partial charge in [0, 0.05) is 11.1 Å². The predicted octanol–water partition coefficient (Wildman–Crippen LogP) is 2.43. The molecule has 0 saturated carbocycles. The Labute approximate surface area is 113 Å². The molecule has 0 unspecified atom stereocenters. The van der Waals surface area contributed by atoms with Crippen molar-refractivity contribution in [3.8, 4) is 0 Å². The van der Waals surface area contributed by atoms with Crippen molar-refractivity contribution in [3.05, 3.63) is 64.2 Å². The summed E-state index contributed by atoms with van der Waals surface area (Å²) in [5.74, 6) is 0. The number of pyridine rings is 1. The minimum absolute atomic E-state index is 0.199. The van der Waals surface area contributed by atoms with Crippen LogP contribution in [0.3, 0.4) is 0 Å². The molecule has 0 amide bonds. The summed E-state index contributed by atoms with van der Waals surface area (Å²) in [5, 5.41) is 0. The van der Waals surface area contributed by atoms with E-state index in [-0.39, 0.29) is 4.90 Å². The molecule has 4 nitrogen and oxygen atoms in total. The average molecular weight is 276 g/mol. The lowest BCUT2D eigenvalue weighted by Gasteiger charge is -2.15. The molecule has 2 rings (SSSR count). The third-order valence-electron chi connectivity index (χ3n) is 2.65. The van der Waals surface area contributed by atoms with Crippen LogP contribution >= 0.6 is 0 Å². The molecule has 0 bridgehead atoms. The maximum atomic E-state index is 12.1. The lowest BCUT2D eigenvalue weighted by molar-refractivity contribution is -0.614. The van der Waals surface area contributed by atoms with Gasteiger partial charge in [-0.05, 0) is 39.0 Å². The largest absolute Gasteiger partial charge is 0.318 e. The summed E-state index contributed by atoms with van der Waals surface area (Å²) in [4.78, 5) is 4.00. The van der Waals surface area contributed by atoms with Crippen molar-refractivity contribution >= 4 is 10.0 Å². The van der Waals surface area contributed by atoms with Gasteiger partial charge in [0.1, 0.15) is 0 Å². The van der Waals surface area contributed by atoms with E-state index < -0.39 is 10.0 Å². The van der Waals surface area contributed by atoms with Crippen molar-refractivity contribution in [2.75, 3.05) is 0 Å². The zero-order chi connectivity index (χ0) is 14.0. The van der Waals surface area contributed by atoms with Crippen molar-refractivity contribution in [1.82, 2.24) is 0 Å². The number of nitrogens with zero attached hydrogens (tertiary/aromatic N) is 2. The van der Waals surface area contributed by atoms with E-state index >= 15 is 0 Å². The Hall–Kier alpha value is -1.88. The Bertz CT molecular complexity index is 672. The summed E-state index contributed by atoms with van der Waals surface area (Å²) in [6, 6.07) is 8.61. The second kappa shape index (κ2) is 5.01. The SMILES string of the molecule is Cc1ccc(S(=O)(=O)[N-][n+]2cc(C)cc(C)c2)cc1. The number of aromatic nitrogens is 1. The van der Waals surface area contributed by atoms with Crippen LogP contribution in [0, 0.1) is 20.8 Å². The highest BCUT2D eigenvalue weighted by atomic mass is 32.2. The smallest absolute Gasteiger partial charge is 0.168 e. The molecule has 0 N–H and O–H groups in total. The minimum Gasteiger partial charge on any atom is -0.318 e. The van der Waals surface area contributed by atoms with E-state index in [0.29, 0.717) is 0 Å². The summed E-state index contributed by atoms with van der Waals surface area (Å²) < 4.78 is 25.6. The lowest BCUT2D eigenvalue weighted by Crippen LogP contribution is -2.32. The molecule has 0 aliphatic heterocycles. The Morgan fingerprint density at radius 1 is 0.895 bits per heavy atom. The van der Waals surface area contributed by atoms with Crippen LogP contribution in [-0.4, -0.2) is 8.42 Å². The van der Waals surface area contributed by atoms with Gasteiger partial charge in [0.2, 0.25) is 0 Å². The Kier molecular flexibility index (Phi) is 3.57. The van der Waals surface area contributed by atoms with Gasteiger partial charge in [0.25, 0.3) is 0 Å². The highest BCUT2D eigenvalue weighted by Crippen LogP contribution is 2.15. The van der Waals surface area contributed by atoms with Crippen molar-refractivity contribution in [3.63, 3.8) is 0 Å². The topological polar surface area (TPSA) is 52.1 Å². The van der Waals surface area contributed by atoms with Crippen LogP contribution in [-0.2, 0) is 10.0 Å². The molecule has 2 aromatic rings. The van der Waals surface area contributed by atoms with E-state index in [2.05, 4.69) is 4.83 Å². The second-order valence-electron chi connectivity index (χ2n) is 4.64. The summed E-state index contributed by atoms with van der Waals surface area (Å²) in [6.07, 6.45) is 3.36. The zero-order valence-corrected chi connectivity index (χ0v) is 12.0. The molecule has 100 valence electrons. The molecule has 0 aliphatic carbocycles. The first-order valence-corrected chi connectivity index (χ1v) is 7.35. The van der Waals surface area contributed by atoms with Crippen LogP contribution < -0.4 is 4.68 Å². The summed E-state index contributed by atoms with van der Waals surface area (Å²) in [6.45, 7) is 5.71. The van der Waals surface area contributed by atoms with Gasteiger partial charge in [-0.1, -0.05) is 17.7 Å². The van der Waals surface area contributed by atoms with Crippen LogP contribution in [0.5, 0.6) is 0 Å². The molecule has 0 radical (unpaired) electrons. The third kappa shape index (κ3) is 3.32. The molecule has 0 fully saturated rings. The minimum atomic E-state index is -3.68. The van der Waals surface area contributed by atoms with E-state index in [0.717, 1.165) is 16.7 Å². The van der Waals surface area contributed by atoms with Crippen LogP contribution in [0.2, 0.25) is 0 Å². The van der Waals surface area contributed by atoms with Crippen molar-refractivity contribution in [2.24, 2.45) is 0 Å². The zero-order valence-electron chi connectivity index (χ0n) is 11.2. The standard InChI is InChI=1S/C14H16N2O2S/c1-11-4-6-14(7-5-11)19(17,18)15-16-9-12(2)8-13(3)10-16/h4-10H,1-3H3. The average Bonchev–Trinajstić information content (AvgIpc) is 2.27. The Balaban J connectivity index is 2.33. The normalized spacial score (nSPS) is 11.3. The van der Waals surface area contributed by atoms with E-state index in [9.17, 15) is 8.42 Å². The molecule has 19 heavy (non-hydrogen) atoms. The number of benzene rings is 1. The van der Waals surface area contributed by atoms with Crippen LogP contribution in [0.15, 0.2) is 47.6 Å². The van der Waals surface area contributed by atoms with Gasteiger partial charge in [-0.3, -0.25) is 0 Å². The van der Waals surface area contributed by atoms with Crippen molar-refractivity contribution in [1.29, 1.82) is 0 Å². The number of hydrogen-bond acceptors (Lipinski definition) is 2. The fourth-order valence-electron chi connectivity index (χ4n) is 1.82. The maximum Gasteiger partial charge on any atom is 0.168 e. The van der Waals surface area contributed by atoms with Crippen LogP contribution in [0.4, 0.5) is 0 Å². The fourth-order valence-corrected chi connectivity index (χ4v) is 2.73. The molecule has 1 aromatic heterocycles. The van der Waals surface area contributed by atoms with Gasteiger partial charge >= 0.3 is 0 Å². The Morgan fingerprint density at radius 3 is 1.95 bits per heavy atom. The van der Waals surface area contributed by atoms with Crippen LogP contribution in [0.1, 0.15) is 16.7 Å². The first kappa shape index (κ1) is 13.5. The van der Waals surface area contributed by atoms with Gasteiger partial charge in [0.05, 0.1) is 4.90 Å². The first-order valence-electron chi connectivity index (χ1n) is 5.91. The van der Waals surface area contributed by atoms with Crippen molar-refractivity contribution < 1.29 is 13.1 Å². The number of aryl methyl sites for hydroxylation is 3. The first-order chi connectivity index (χ1) is 8.87. The molecule has 0 saturated heterocycles. The van der Waals surface area contributed by atoms with E-state index in [4.69, 9.17) is 0 Å². The molecule has 1 heterocycles. The van der Waals surface area contributed by atoms with Gasteiger partial charge in [-0.2, -0.15) is 0 Å². The van der Waals surface area contributed by atoms with Gasteiger partial charge in [0.15, 0.2) is 22.4 Å². The summed E-state index contributed by atoms with van der Waals surface area (Å²) >= 11 is 0. The monoisotopic (exact) mass is 276 g/mol. The molecule has 0 atom stereocenters. The molecule has 0 spiro atoms. The van der Waals surface area contributed by atoms with Gasteiger partial charge < -0.3 is 4.83 Å². The number of sulfonamides is 1.